The van der Waals surface area contributed by atoms with Crippen LogP contribution in [0.2, 0.25) is 0 Å². The van der Waals surface area contributed by atoms with Crippen molar-refractivity contribution in [3.05, 3.63) is 23.3 Å². The molecule has 0 spiro atoms. The van der Waals surface area contributed by atoms with Crippen LogP contribution in [0, 0.1) is 5.92 Å². The van der Waals surface area contributed by atoms with Gasteiger partial charge in [0.1, 0.15) is 6.67 Å². The van der Waals surface area contributed by atoms with Crippen molar-refractivity contribution in [2.24, 2.45) is 5.92 Å². The van der Waals surface area contributed by atoms with Crippen molar-refractivity contribution in [2.75, 3.05) is 14.2 Å². The molecule has 1 N–H and O–H groups in total. The van der Waals surface area contributed by atoms with Crippen LogP contribution >= 0.6 is 0 Å². The average molecular weight is 256 g/mol. The highest BCUT2D eigenvalue weighted by Gasteiger charge is 2.18. The second-order valence-corrected chi connectivity index (χ2v) is 4.07. The largest absolute Gasteiger partial charge is 0.493 e. The lowest BCUT2D eigenvalue weighted by molar-refractivity contribution is -0.141. The zero-order chi connectivity index (χ0) is 13.7. The molecule has 0 amide bonds. The third-order valence-corrected chi connectivity index (χ3v) is 2.72. The molecule has 1 atom stereocenters. The van der Waals surface area contributed by atoms with Gasteiger partial charge in [0.05, 0.1) is 20.1 Å². The van der Waals surface area contributed by atoms with E-state index in [9.17, 15) is 9.18 Å². The number of ether oxygens (including phenoxy) is 2. The molecule has 1 aromatic carbocycles. The van der Waals surface area contributed by atoms with Gasteiger partial charge >= 0.3 is 5.97 Å². The maximum Gasteiger partial charge on any atom is 0.306 e. The van der Waals surface area contributed by atoms with Crippen LogP contribution in [0.3, 0.4) is 0 Å². The number of hydrogen-bond acceptors (Lipinski definition) is 3. The van der Waals surface area contributed by atoms with E-state index in [-0.39, 0.29) is 6.42 Å². The summed E-state index contributed by atoms with van der Waals surface area (Å²) in [6.07, 6.45) is 0.267. The Morgan fingerprint density at radius 1 is 1.39 bits per heavy atom. The molecule has 0 aromatic heterocycles. The highest BCUT2D eigenvalue weighted by molar-refractivity contribution is 5.70. The topological polar surface area (TPSA) is 55.8 Å². The second kappa shape index (κ2) is 6.23. The Hall–Kier alpha value is -1.78. The Labute approximate surface area is 105 Å². The number of halogens is 1. The summed E-state index contributed by atoms with van der Waals surface area (Å²) in [6, 6.07) is 3.16. The van der Waals surface area contributed by atoms with Crippen molar-refractivity contribution in [1.82, 2.24) is 0 Å². The predicted molar refractivity (Wildman–Crippen MR) is 64.9 cm³/mol. The van der Waals surface area contributed by atoms with Crippen molar-refractivity contribution < 1.29 is 23.8 Å². The highest BCUT2D eigenvalue weighted by Crippen LogP contribution is 2.34. The van der Waals surface area contributed by atoms with Crippen LogP contribution in [-0.4, -0.2) is 25.3 Å². The number of alkyl halides is 1. The summed E-state index contributed by atoms with van der Waals surface area (Å²) in [6.45, 7) is 0.963. The molecule has 0 aliphatic carbocycles. The van der Waals surface area contributed by atoms with Crippen LogP contribution in [0.1, 0.15) is 18.1 Å². The summed E-state index contributed by atoms with van der Waals surface area (Å²) in [5.74, 6) is -0.594. The number of hydrogen-bond donors (Lipinski definition) is 1. The Kier molecular flexibility index (Phi) is 4.95. The van der Waals surface area contributed by atoms with E-state index >= 15 is 0 Å². The maximum absolute atomic E-state index is 12.7. The van der Waals surface area contributed by atoms with Crippen molar-refractivity contribution >= 4 is 5.97 Å². The number of carboxylic acid groups (broad SMARTS) is 1. The summed E-state index contributed by atoms with van der Waals surface area (Å²) in [4.78, 5) is 10.9. The summed E-state index contributed by atoms with van der Waals surface area (Å²) in [5.41, 5.74) is 1.08. The number of rotatable bonds is 6. The molecule has 0 heterocycles. The lowest BCUT2D eigenvalue weighted by atomic mass is 9.98. The number of benzene rings is 1. The van der Waals surface area contributed by atoms with E-state index in [2.05, 4.69) is 0 Å². The van der Waals surface area contributed by atoms with Gasteiger partial charge < -0.3 is 14.6 Å². The SMILES string of the molecule is COc1cc(CF)cc(CC(C)C(=O)O)c1OC. The molecule has 100 valence electrons. The van der Waals surface area contributed by atoms with E-state index in [0.717, 1.165) is 0 Å². The lowest BCUT2D eigenvalue weighted by Crippen LogP contribution is -2.13. The van der Waals surface area contributed by atoms with E-state index in [4.69, 9.17) is 14.6 Å². The number of aliphatic carboxylic acids is 1. The zero-order valence-electron chi connectivity index (χ0n) is 10.7. The summed E-state index contributed by atoms with van der Waals surface area (Å²) in [7, 11) is 2.94. The Morgan fingerprint density at radius 3 is 2.50 bits per heavy atom. The van der Waals surface area contributed by atoms with Crippen LogP contribution in [0.15, 0.2) is 12.1 Å². The quantitative estimate of drug-likeness (QED) is 0.849. The van der Waals surface area contributed by atoms with Crippen LogP contribution < -0.4 is 9.47 Å². The molecule has 0 saturated carbocycles. The van der Waals surface area contributed by atoms with Crippen molar-refractivity contribution in [1.29, 1.82) is 0 Å². The number of methoxy groups -OCH3 is 2. The van der Waals surface area contributed by atoms with Crippen LogP contribution in [0.25, 0.3) is 0 Å². The molecule has 18 heavy (non-hydrogen) atoms. The van der Waals surface area contributed by atoms with Crippen molar-refractivity contribution in [3.8, 4) is 11.5 Å². The third-order valence-electron chi connectivity index (χ3n) is 2.72. The Bertz CT molecular complexity index is 431. The third kappa shape index (κ3) is 3.12. The second-order valence-electron chi connectivity index (χ2n) is 4.07. The Morgan fingerprint density at radius 2 is 2.06 bits per heavy atom. The van der Waals surface area contributed by atoms with Gasteiger partial charge in [-0.2, -0.15) is 0 Å². The molecule has 0 fully saturated rings. The molecular weight excluding hydrogens is 239 g/mol. The van der Waals surface area contributed by atoms with Gasteiger partial charge in [-0.15, -0.1) is 0 Å². The molecule has 0 saturated heterocycles. The van der Waals surface area contributed by atoms with E-state index in [0.29, 0.717) is 22.6 Å². The zero-order valence-corrected chi connectivity index (χ0v) is 10.7. The fourth-order valence-electron chi connectivity index (χ4n) is 1.75. The van der Waals surface area contributed by atoms with Gasteiger partial charge in [-0.3, -0.25) is 4.79 Å². The van der Waals surface area contributed by atoms with Gasteiger partial charge in [-0.1, -0.05) is 6.92 Å². The van der Waals surface area contributed by atoms with Crippen LogP contribution in [-0.2, 0) is 17.9 Å². The van der Waals surface area contributed by atoms with Gasteiger partial charge in [0.2, 0.25) is 0 Å². The minimum Gasteiger partial charge on any atom is -0.493 e. The van der Waals surface area contributed by atoms with Crippen molar-refractivity contribution in [3.63, 3.8) is 0 Å². The van der Waals surface area contributed by atoms with Gasteiger partial charge in [-0.25, -0.2) is 4.39 Å². The van der Waals surface area contributed by atoms with E-state index in [1.54, 1.807) is 19.1 Å². The number of carbonyl (C=O) groups is 1. The summed E-state index contributed by atoms with van der Waals surface area (Å²) in [5, 5.41) is 8.91. The van der Waals surface area contributed by atoms with Crippen molar-refractivity contribution in [2.45, 2.75) is 20.0 Å². The van der Waals surface area contributed by atoms with Gasteiger partial charge in [-0.05, 0) is 29.7 Å². The first-order chi connectivity index (χ1) is 8.53. The summed E-state index contributed by atoms with van der Waals surface area (Å²) >= 11 is 0. The Balaban J connectivity index is 3.18. The fraction of sp³-hybridized carbons (Fsp3) is 0.462. The molecule has 1 aromatic rings. The normalized spacial score (nSPS) is 12.0. The van der Waals surface area contributed by atoms with Gasteiger partial charge in [0.15, 0.2) is 11.5 Å². The summed E-state index contributed by atoms with van der Waals surface area (Å²) < 4.78 is 23.1. The predicted octanol–water partition coefficient (Wildman–Crippen LogP) is 2.44. The van der Waals surface area contributed by atoms with Gasteiger partial charge in [0, 0.05) is 0 Å². The standard InChI is InChI=1S/C13H17FO4/c1-8(13(15)16)4-10-5-9(7-14)6-11(17-2)12(10)18-3/h5-6,8H,4,7H2,1-3H3,(H,15,16). The maximum atomic E-state index is 12.7. The molecule has 0 aliphatic rings. The molecule has 0 radical (unpaired) electrons. The molecule has 0 aliphatic heterocycles. The van der Waals surface area contributed by atoms with E-state index in [1.165, 1.54) is 14.2 Å². The van der Waals surface area contributed by atoms with E-state index < -0.39 is 18.6 Å². The van der Waals surface area contributed by atoms with E-state index in [1.807, 2.05) is 0 Å². The molecule has 4 nitrogen and oxygen atoms in total. The number of carboxylic acids is 1. The fourth-order valence-corrected chi connectivity index (χ4v) is 1.75. The molecule has 1 unspecified atom stereocenters. The molecule has 1 rings (SSSR count). The van der Waals surface area contributed by atoms with Crippen LogP contribution in [0.4, 0.5) is 4.39 Å². The molecule has 0 bridgehead atoms. The first-order valence-electron chi connectivity index (χ1n) is 5.56. The minimum absolute atomic E-state index is 0.267. The minimum atomic E-state index is -0.901. The first kappa shape index (κ1) is 14.3. The van der Waals surface area contributed by atoms with Crippen LogP contribution in [0.5, 0.6) is 11.5 Å². The van der Waals surface area contributed by atoms with Gasteiger partial charge in [0.25, 0.3) is 0 Å². The average Bonchev–Trinajstić information content (AvgIpc) is 2.37. The highest BCUT2D eigenvalue weighted by atomic mass is 19.1. The molecular formula is C13H17FO4. The monoisotopic (exact) mass is 256 g/mol. The lowest BCUT2D eigenvalue weighted by Gasteiger charge is -2.15. The first-order valence-corrected chi connectivity index (χ1v) is 5.56. The molecule has 5 heteroatoms. The smallest absolute Gasteiger partial charge is 0.306 e.